The lowest BCUT2D eigenvalue weighted by molar-refractivity contribution is -0.141. The molecule has 1 aliphatic rings. The van der Waals surface area contributed by atoms with Crippen LogP contribution < -0.4 is 10.2 Å². The van der Waals surface area contributed by atoms with Gasteiger partial charge in [0.2, 0.25) is 11.9 Å². The van der Waals surface area contributed by atoms with Crippen molar-refractivity contribution >= 4 is 11.9 Å². The molecule has 0 radical (unpaired) electrons. The van der Waals surface area contributed by atoms with Gasteiger partial charge in [-0.2, -0.15) is 26.3 Å². The minimum Gasteiger partial charge on any atom is -0.345 e. The zero-order valence-corrected chi connectivity index (χ0v) is 11.6. The lowest BCUT2D eigenvalue weighted by atomic mass is 10.2. The summed E-state index contributed by atoms with van der Waals surface area (Å²) in [6.45, 7) is -1.31. The van der Waals surface area contributed by atoms with Crippen LogP contribution in [0.4, 0.5) is 32.3 Å². The summed E-state index contributed by atoms with van der Waals surface area (Å²) >= 11 is 0. The van der Waals surface area contributed by atoms with Gasteiger partial charge in [0, 0.05) is 12.7 Å². The highest BCUT2D eigenvalue weighted by molar-refractivity contribution is 5.85. The topological polar surface area (TPSA) is 58.1 Å². The van der Waals surface area contributed by atoms with E-state index in [1.165, 1.54) is 4.90 Å². The summed E-state index contributed by atoms with van der Waals surface area (Å²) in [5.41, 5.74) is -1.18. The molecule has 1 aromatic rings. The van der Waals surface area contributed by atoms with Gasteiger partial charge in [-0.05, 0) is 18.9 Å². The monoisotopic (exact) mass is 342 g/mol. The number of carbonyl (C=O) groups is 1. The maximum Gasteiger partial charge on any atom is 0.433 e. The number of hydrogen-bond donors (Lipinski definition) is 1. The molecule has 0 unspecified atom stereocenters. The molecular formula is C12H12F6N4O. The third-order valence-electron chi connectivity index (χ3n) is 3.21. The average molecular weight is 342 g/mol. The standard InChI is InChI=1S/C12H12F6N4O/c13-11(14,15)6-20-9(23)7-2-1-5-22(7)10-19-4-3-8(21-10)12(16,17)18/h3-4,7H,1-2,5-6H2,(H,20,23)/t7-/m0/s1. The van der Waals surface area contributed by atoms with Crippen LogP contribution >= 0.6 is 0 Å². The van der Waals surface area contributed by atoms with Crippen LogP contribution in [0.1, 0.15) is 18.5 Å². The van der Waals surface area contributed by atoms with E-state index in [0.717, 1.165) is 6.20 Å². The number of halogens is 6. The maximum atomic E-state index is 12.6. The number of carbonyl (C=O) groups excluding carboxylic acids is 1. The van der Waals surface area contributed by atoms with E-state index >= 15 is 0 Å². The van der Waals surface area contributed by atoms with E-state index in [4.69, 9.17) is 0 Å². The minimum atomic E-state index is -4.68. The second-order valence-electron chi connectivity index (χ2n) is 4.92. The molecule has 0 aromatic carbocycles. The van der Waals surface area contributed by atoms with E-state index in [9.17, 15) is 31.1 Å². The first-order valence-corrected chi connectivity index (χ1v) is 6.59. The molecule has 1 amide bonds. The summed E-state index contributed by atoms with van der Waals surface area (Å²) in [6.07, 6.45) is -7.70. The Labute approximate surface area is 126 Å². The van der Waals surface area contributed by atoms with Crippen molar-refractivity contribution in [2.45, 2.75) is 31.2 Å². The summed E-state index contributed by atoms with van der Waals surface area (Å²) in [5, 5.41) is 1.73. The van der Waals surface area contributed by atoms with E-state index in [1.54, 1.807) is 5.32 Å². The second-order valence-corrected chi connectivity index (χ2v) is 4.92. The molecular weight excluding hydrogens is 330 g/mol. The van der Waals surface area contributed by atoms with Crippen molar-refractivity contribution in [1.82, 2.24) is 15.3 Å². The molecule has 0 bridgehead atoms. The van der Waals surface area contributed by atoms with Gasteiger partial charge in [0.15, 0.2) is 0 Å². The van der Waals surface area contributed by atoms with Gasteiger partial charge in [-0.15, -0.1) is 0 Å². The molecule has 0 saturated carbocycles. The van der Waals surface area contributed by atoms with Gasteiger partial charge in [-0.1, -0.05) is 0 Å². The number of nitrogens with one attached hydrogen (secondary N) is 1. The van der Waals surface area contributed by atoms with Crippen LogP contribution in [-0.4, -0.2) is 41.2 Å². The lowest BCUT2D eigenvalue weighted by Crippen LogP contribution is -2.46. The highest BCUT2D eigenvalue weighted by Crippen LogP contribution is 2.30. The van der Waals surface area contributed by atoms with E-state index in [2.05, 4.69) is 9.97 Å². The van der Waals surface area contributed by atoms with Crippen LogP contribution in [0.5, 0.6) is 0 Å². The molecule has 0 spiro atoms. The Bertz CT molecular complexity index is 573. The van der Waals surface area contributed by atoms with Gasteiger partial charge in [0.1, 0.15) is 18.3 Å². The Morgan fingerprint density at radius 2 is 2.00 bits per heavy atom. The molecule has 1 N–H and O–H groups in total. The van der Waals surface area contributed by atoms with E-state index in [0.29, 0.717) is 12.5 Å². The summed E-state index contributed by atoms with van der Waals surface area (Å²) in [4.78, 5) is 20.1. The molecule has 1 aromatic heterocycles. The normalized spacial score (nSPS) is 19.0. The molecule has 11 heteroatoms. The Kier molecular flexibility index (Phi) is 4.66. The van der Waals surface area contributed by atoms with Gasteiger partial charge < -0.3 is 10.2 Å². The third-order valence-corrected chi connectivity index (χ3v) is 3.21. The number of amides is 1. The summed E-state index contributed by atoms with van der Waals surface area (Å²) in [5.74, 6) is -1.25. The molecule has 5 nitrogen and oxygen atoms in total. The fraction of sp³-hybridized carbons (Fsp3) is 0.583. The van der Waals surface area contributed by atoms with Crippen molar-refractivity contribution in [3.8, 4) is 0 Å². The first-order chi connectivity index (χ1) is 10.6. The molecule has 1 aliphatic heterocycles. The van der Waals surface area contributed by atoms with Crippen molar-refractivity contribution < 1.29 is 31.1 Å². The fourth-order valence-electron chi connectivity index (χ4n) is 2.23. The second kappa shape index (κ2) is 6.20. The van der Waals surface area contributed by atoms with Gasteiger partial charge in [0.25, 0.3) is 0 Å². The van der Waals surface area contributed by atoms with Crippen LogP contribution in [0, 0.1) is 0 Å². The predicted octanol–water partition coefficient (Wildman–Crippen LogP) is 2.14. The maximum absolute atomic E-state index is 12.6. The molecule has 2 rings (SSSR count). The number of hydrogen-bond acceptors (Lipinski definition) is 4. The van der Waals surface area contributed by atoms with Crippen LogP contribution in [-0.2, 0) is 11.0 Å². The van der Waals surface area contributed by atoms with Gasteiger partial charge >= 0.3 is 12.4 Å². The van der Waals surface area contributed by atoms with Crippen LogP contribution in [0.15, 0.2) is 12.3 Å². The average Bonchev–Trinajstić information content (AvgIpc) is 2.92. The minimum absolute atomic E-state index is 0.186. The van der Waals surface area contributed by atoms with Crippen molar-refractivity contribution in [1.29, 1.82) is 0 Å². The molecule has 128 valence electrons. The van der Waals surface area contributed by atoms with Crippen LogP contribution in [0.2, 0.25) is 0 Å². The molecule has 1 fully saturated rings. The molecule has 0 aliphatic carbocycles. The Morgan fingerprint density at radius 3 is 2.61 bits per heavy atom. The van der Waals surface area contributed by atoms with Crippen molar-refractivity contribution in [2.75, 3.05) is 18.0 Å². The third kappa shape index (κ3) is 4.45. The highest BCUT2D eigenvalue weighted by atomic mass is 19.4. The zero-order valence-electron chi connectivity index (χ0n) is 11.6. The van der Waals surface area contributed by atoms with Gasteiger partial charge in [-0.25, -0.2) is 9.97 Å². The predicted molar refractivity (Wildman–Crippen MR) is 66.5 cm³/mol. The number of rotatable bonds is 3. The highest BCUT2D eigenvalue weighted by Gasteiger charge is 2.37. The fourth-order valence-corrected chi connectivity index (χ4v) is 2.23. The smallest absolute Gasteiger partial charge is 0.345 e. The largest absolute Gasteiger partial charge is 0.433 e. The molecule has 23 heavy (non-hydrogen) atoms. The van der Waals surface area contributed by atoms with E-state index in [1.807, 2.05) is 0 Å². The lowest BCUT2D eigenvalue weighted by Gasteiger charge is -2.24. The van der Waals surface area contributed by atoms with Crippen LogP contribution in [0.3, 0.4) is 0 Å². The van der Waals surface area contributed by atoms with Crippen molar-refractivity contribution in [2.24, 2.45) is 0 Å². The van der Waals surface area contributed by atoms with Crippen molar-refractivity contribution in [3.05, 3.63) is 18.0 Å². The van der Waals surface area contributed by atoms with Crippen LogP contribution in [0.25, 0.3) is 0 Å². The Morgan fingerprint density at radius 1 is 1.30 bits per heavy atom. The number of aromatic nitrogens is 2. The molecule has 2 heterocycles. The van der Waals surface area contributed by atoms with E-state index < -0.39 is 36.5 Å². The summed E-state index contributed by atoms with van der Waals surface area (Å²) in [7, 11) is 0. The van der Waals surface area contributed by atoms with Gasteiger partial charge in [-0.3, -0.25) is 4.79 Å². The first kappa shape index (κ1) is 17.3. The molecule has 1 atom stereocenters. The number of nitrogens with zero attached hydrogens (tertiary/aromatic N) is 3. The molecule has 1 saturated heterocycles. The zero-order chi connectivity index (χ0) is 17.3. The summed E-state index contributed by atoms with van der Waals surface area (Å²) < 4.78 is 74.3. The van der Waals surface area contributed by atoms with Crippen molar-refractivity contribution in [3.63, 3.8) is 0 Å². The Balaban J connectivity index is 2.14. The van der Waals surface area contributed by atoms with Gasteiger partial charge in [0.05, 0.1) is 0 Å². The number of alkyl halides is 6. The van der Waals surface area contributed by atoms with E-state index in [-0.39, 0.29) is 18.9 Å². The number of anilines is 1. The summed E-state index contributed by atoms with van der Waals surface area (Å²) in [6, 6.07) is -0.348. The quantitative estimate of drug-likeness (QED) is 0.855. The SMILES string of the molecule is O=C(NCC(F)(F)F)[C@@H]1CCCN1c1nccc(C(F)(F)F)n1. The Hall–Kier alpha value is -2.07. The first-order valence-electron chi connectivity index (χ1n) is 6.59.